The number of amides is 1. The van der Waals surface area contributed by atoms with Crippen molar-refractivity contribution in [2.24, 2.45) is 0 Å². The van der Waals surface area contributed by atoms with Crippen LogP contribution in [0.25, 0.3) is 27.1 Å². The van der Waals surface area contributed by atoms with E-state index in [4.69, 9.17) is 0 Å². The summed E-state index contributed by atoms with van der Waals surface area (Å²) in [4.78, 5) is 17.7. The van der Waals surface area contributed by atoms with Gasteiger partial charge in [0.15, 0.2) is 16.0 Å². The molecule has 1 N–H and O–H groups in total. The Morgan fingerprint density at radius 3 is 2.68 bits per heavy atom. The van der Waals surface area contributed by atoms with Crippen molar-refractivity contribution in [3.63, 3.8) is 0 Å². The normalized spacial score (nSPS) is 16.8. The van der Waals surface area contributed by atoms with E-state index in [0.717, 1.165) is 27.7 Å². The van der Waals surface area contributed by atoms with Gasteiger partial charge in [0.05, 0.1) is 23.6 Å². The van der Waals surface area contributed by atoms with Crippen LogP contribution in [-0.2, 0) is 15.8 Å². The molecule has 0 spiro atoms. The summed E-state index contributed by atoms with van der Waals surface area (Å²) in [6.45, 7) is 0. The highest BCUT2D eigenvalue weighted by Gasteiger charge is 2.23. The van der Waals surface area contributed by atoms with Gasteiger partial charge in [-0.25, -0.2) is 8.89 Å². The Labute approximate surface area is 146 Å². The molecule has 7 nitrogen and oxygen atoms in total. The molecule has 1 aliphatic heterocycles. The molecule has 1 atom stereocenters. The smallest absolute Gasteiger partial charge is 0.258 e. The molecule has 1 unspecified atom stereocenters. The average molecular weight is 353 g/mol. The third-order valence-corrected chi connectivity index (χ3v) is 5.05. The van der Waals surface area contributed by atoms with Gasteiger partial charge < -0.3 is 4.90 Å². The lowest BCUT2D eigenvalue weighted by atomic mass is 10.1. The molecule has 0 saturated carbocycles. The summed E-state index contributed by atoms with van der Waals surface area (Å²) in [5.41, 5.74) is 3.82. The van der Waals surface area contributed by atoms with Gasteiger partial charge in [-0.05, 0) is 23.8 Å². The van der Waals surface area contributed by atoms with Crippen LogP contribution in [-0.4, -0.2) is 39.0 Å². The molecule has 1 aromatic carbocycles. The second kappa shape index (κ2) is 5.82. The van der Waals surface area contributed by atoms with Crippen molar-refractivity contribution < 1.29 is 9.00 Å². The molecule has 0 fully saturated rings. The molecule has 1 amide bonds. The van der Waals surface area contributed by atoms with Gasteiger partial charge in [-0.1, -0.05) is 6.07 Å². The fraction of sp³-hybridized carbons (Fsp3) is 0.118. The summed E-state index contributed by atoms with van der Waals surface area (Å²) in [5.74, 6) is -0.375. The fourth-order valence-corrected chi connectivity index (χ4v) is 3.56. The lowest BCUT2D eigenvalue weighted by Crippen LogP contribution is -2.17. The first-order valence-corrected chi connectivity index (χ1v) is 8.73. The Hall–Kier alpha value is -3.00. The number of hydrogen-bond acceptors (Lipinski definition) is 5. The molecule has 3 aromatic rings. The van der Waals surface area contributed by atoms with E-state index in [-0.39, 0.29) is 5.91 Å². The van der Waals surface area contributed by atoms with Crippen LogP contribution in [0.2, 0.25) is 0 Å². The summed E-state index contributed by atoms with van der Waals surface area (Å²) in [7, 11) is 2.36. The van der Waals surface area contributed by atoms with E-state index in [9.17, 15) is 9.00 Å². The number of nitrogens with one attached hydrogen (secondary N) is 1. The average Bonchev–Trinajstić information content (AvgIpc) is 3.16. The monoisotopic (exact) mass is 353 g/mol. The first-order chi connectivity index (χ1) is 12.0. The highest BCUT2D eigenvalue weighted by atomic mass is 32.2. The third kappa shape index (κ3) is 2.70. The van der Waals surface area contributed by atoms with E-state index in [1.165, 1.54) is 10.8 Å². The van der Waals surface area contributed by atoms with Gasteiger partial charge in [0.1, 0.15) is 0 Å². The van der Waals surface area contributed by atoms with E-state index in [1.807, 2.05) is 49.6 Å². The van der Waals surface area contributed by atoms with Gasteiger partial charge >= 0.3 is 0 Å². The van der Waals surface area contributed by atoms with Crippen molar-refractivity contribution in [3.05, 3.63) is 48.9 Å². The Morgan fingerprint density at radius 2 is 1.96 bits per heavy atom. The SMILES string of the molecule is CN(C)c1cncc(-c2ccc3c(cnn3C3=CC(=O)NS3=O)c2)c1. The maximum atomic E-state index is 12.0. The van der Waals surface area contributed by atoms with Crippen LogP contribution in [0.5, 0.6) is 0 Å². The molecule has 3 heterocycles. The van der Waals surface area contributed by atoms with Crippen molar-refractivity contribution in [2.75, 3.05) is 19.0 Å². The Balaban J connectivity index is 1.78. The fourth-order valence-electron chi connectivity index (χ4n) is 2.70. The molecule has 25 heavy (non-hydrogen) atoms. The van der Waals surface area contributed by atoms with Crippen molar-refractivity contribution in [1.82, 2.24) is 19.5 Å². The molecule has 0 bridgehead atoms. The van der Waals surface area contributed by atoms with E-state index >= 15 is 0 Å². The van der Waals surface area contributed by atoms with E-state index in [0.29, 0.717) is 5.03 Å². The van der Waals surface area contributed by atoms with E-state index in [2.05, 4.69) is 20.9 Å². The number of benzene rings is 1. The van der Waals surface area contributed by atoms with Crippen LogP contribution in [0, 0.1) is 0 Å². The van der Waals surface area contributed by atoms with Gasteiger partial charge in [0.25, 0.3) is 5.91 Å². The van der Waals surface area contributed by atoms with Gasteiger partial charge in [-0.15, -0.1) is 0 Å². The third-order valence-electron chi connectivity index (χ3n) is 3.99. The minimum atomic E-state index is -1.58. The van der Waals surface area contributed by atoms with Gasteiger partial charge in [0.2, 0.25) is 0 Å². The van der Waals surface area contributed by atoms with E-state index < -0.39 is 11.0 Å². The van der Waals surface area contributed by atoms with Crippen molar-refractivity contribution in [2.45, 2.75) is 0 Å². The molecule has 126 valence electrons. The lowest BCUT2D eigenvalue weighted by Gasteiger charge is -2.13. The Kier molecular flexibility index (Phi) is 3.61. The number of carbonyl (C=O) groups is 1. The predicted octanol–water partition coefficient (Wildman–Crippen LogP) is 1.76. The van der Waals surface area contributed by atoms with E-state index in [1.54, 1.807) is 6.20 Å². The molecule has 2 aromatic heterocycles. The number of aromatic nitrogens is 3. The van der Waals surface area contributed by atoms with Crippen LogP contribution in [0.3, 0.4) is 0 Å². The van der Waals surface area contributed by atoms with Crippen molar-refractivity contribution in [3.8, 4) is 11.1 Å². The second-order valence-electron chi connectivity index (χ2n) is 5.87. The summed E-state index contributed by atoms with van der Waals surface area (Å²) < 4.78 is 15.8. The molecule has 0 radical (unpaired) electrons. The zero-order valence-corrected chi connectivity index (χ0v) is 14.4. The number of anilines is 1. The molecule has 8 heteroatoms. The zero-order chi connectivity index (χ0) is 17.6. The van der Waals surface area contributed by atoms with Crippen LogP contribution in [0.15, 0.2) is 48.9 Å². The molecular weight excluding hydrogens is 338 g/mol. The number of nitrogens with zero attached hydrogens (tertiary/aromatic N) is 4. The number of carbonyl (C=O) groups excluding carboxylic acids is 1. The minimum absolute atomic E-state index is 0.337. The topological polar surface area (TPSA) is 80.1 Å². The first kappa shape index (κ1) is 15.5. The molecule has 1 aliphatic rings. The number of hydrogen-bond donors (Lipinski definition) is 1. The highest BCUT2D eigenvalue weighted by Crippen LogP contribution is 2.28. The summed E-state index contributed by atoms with van der Waals surface area (Å²) in [6.07, 6.45) is 6.63. The minimum Gasteiger partial charge on any atom is -0.376 e. The predicted molar refractivity (Wildman–Crippen MR) is 97.8 cm³/mol. The zero-order valence-electron chi connectivity index (χ0n) is 13.6. The summed E-state index contributed by atoms with van der Waals surface area (Å²) in [6, 6.07) is 7.93. The van der Waals surface area contributed by atoms with Crippen LogP contribution in [0.4, 0.5) is 5.69 Å². The van der Waals surface area contributed by atoms with Gasteiger partial charge in [-0.3, -0.25) is 14.5 Å². The van der Waals surface area contributed by atoms with Crippen LogP contribution in [0.1, 0.15) is 0 Å². The maximum Gasteiger partial charge on any atom is 0.258 e. The van der Waals surface area contributed by atoms with Crippen LogP contribution < -0.4 is 9.62 Å². The molecule has 0 aliphatic carbocycles. The van der Waals surface area contributed by atoms with Gasteiger partial charge in [-0.2, -0.15) is 5.10 Å². The Bertz CT molecular complexity index is 1050. The number of fused-ring (bicyclic) bond motifs is 1. The Morgan fingerprint density at radius 1 is 1.12 bits per heavy atom. The summed E-state index contributed by atoms with van der Waals surface area (Å²) in [5, 5.41) is 5.51. The second-order valence-corrected chi connectivity index (χ2v) is 7.03. The van der Waals surface area contributed by atoms with Crippen LogP contribution >= 0.6 is 0 Å². The first-order valence-electron chi connectivity index (χ1n) is 7.58. The largest absolute Gasteiger partial charge is 0.376 e. The van der Waals surface area contributed by atoms with Crippen molar-refractivity contribution >= 4 is 38.5 Å². The lowest BCUT2D eigenvalue weighted by molar-refractivity contribution is -0.114. The molecule has 4 rings (SSSR count). The molecular formula is C17H15N5O2S. The standard InChI is InChI=1S/C17H15N5O2S/c1-21(2)14-6-12(8-18-10-14)11-3-4-15-13(5-11)9-19-22(15)17-7-16(23)20-25(17)24/h3-10H,1-2H3,(H,20,23). The van der Waals surface area contributed by atoms with Gasteiger partial charge in [0, 0.05) is 37.3 Å². The maximum absolute atomic E-state index is 12.0. The number of pyridine rings is 1. The highest BCUT2D eigenvalue weighted by molar-refractivity contribution is 7.93. The quantitative estimate of drug-likeness (QED) is 0.776. The van der Waals surface area contributed by atoms with Crippen molar-refractivity contribution in [1.29, 1.82) is 0 Å². The number of rotatable bonds is 3. The summed E-state index contributed by atoms with van der Waals surface area (Å²) >= 11 is 0. The molecule has 0 saturated heterocycles.